The molecule has 0 spiro atoms. The summed E-state index contributed by atoms with van der Waals surface area (Å²) in [7, 11) is 0. The Morgan fingerprint density at radius 2 is 1.94 bits per heavy atom. The topological polar surface area (TPSA) is 20.3 Å². The molecule has 1 aromatic rings. The molecule has 0 unspecified atom stereocenters. The fourth-order valence-corrected chi connectivity index (χ4v) is 3.21. The van der Waals surface area contributed by atoms with Crippen molar-refractivity contribution in [2.24, 2.45) is 0 Å². The normalized spacial score (nSPS) is 27.4. The number of amides is 1. The summed E-state index contributed by atoms with van der Waals surface area (Å²) in [5.74, 6) is -1.52. The summed E-state index contributed by atoms with van der Waals surface area (Å²) >= 11 is 0. The molecule has 1 amide bonds. The SMILES string of the molecule is O=C1CCC[C@@H]2CC[C@@H](c3ccc(F)c(F)c3)N12. The molecule has 2 atom stereocenters. The molecule has 0 radical (unpaired) electrons. The van der Waals surface area contributed by atoms with E-state index in [4.69, 9.17) is 0 Å². The molecule has 0 aromatic heterocycles. The Kier molecular flexibility index (Phi) is 2.80. The van der Waals surface area contributed by atoms with Crippen molar-refractivity contribution in [3.05, 3.63) is 35.4 Å². The first-order valence-electron chi connectivity index (χ1n) is 6.43. The van der Waals surface area contributed by atoms with Crippen LogP contribution in [0.4, 0.5) is 8.78 Å². The maximum atomic E-state index is 13.3. The van der Waals surface area contributed by atoms with Gasteiger partial charge in [-0.2, -0.15) is 0 Å². The maximum absolute atomic E-state index is 13.3. The second-order valence-electron chi connectivity index (χ2n) is 5.11. The van der Waals surface area contributed by atoms with Crippen LogP contribution in [0.3, 0.4) is 0 Å². The van der Waals surface area contributed by atoms with Gasteiger partial charge in [0.25, 0.3) is 0 Å². The summed E-state index contributed by atoms with van der Waals surface area (Å²) in [6.07, 6.45) is 4.38. The minimum atomic E-state index is -0.835. The van der Waals surface area contributed by atoms with Crippen LogP contribution in [0.2, 0.25) is 0 Å². The first-order chi connectivity index (χ1) is 8.66. The van der Waals surface area contributed by atoms with Gasteiger partial charge in [-0.25, -0.2) is 8.78 Å². The molecule has 3 rings (SSSR count). The van der Waals surface area contributed by atoms with E-state index >= 15 is 0 Å². The first-order valence-corrected chi connectivity index (χ1v) is 6.43. The Morgan fingerprint density at radius 3 is 2.72 bits per heavy atom. The van der Waals surface area contributed by atoms with Crippen LogP contribution in [0, 0.1) is 11.6 Å². The molecule has 0 aliphatic carbocycles. The highest BCUT2D eigenvalue weighted by molar-refractivity contribution is 5.78. The van der Waals surface area contributed by atoms with E-state index in [-0.39, 0.29) is 11.9 Å². The Morgan fingerprint density at radius 1 is 1.11 bits per heavy atom. The number of halogens is 2. The van der Waals surface area contributed by atoms with E-state index in [2.05, 4.69) is 0 Å². The van der Waals surface area contributed by atoms with Gasteiger partial charge in [0, 0.05) is 12.5 Å². The molecule has 2 heterocycles. The fraction of sp³-hybridized carbons (Fsp3) is 0.500. The molecule has 2 fully saturated rings. The van der Waals surface area contributed by atoms with Gasteiger partial charge in [0.1, 0.15) is 0 Å². The predicted octanol–water partition coefficient (Wildman–Crippen LogP) is 3.18. The standard InChI is InChI=1S/C14H15F2NO/c15-11-6-4-9(8-12(11)16)13-7-5-10-2-1-3-14(18)17(10)13/h4,6,8,10,13H,1-3,5,7H2/t10-,13+/m1/s1. The fourth-order valence-electron chi connectivity index (χ4n) is 3.21. The van der Waals surface area contributed by atoms with Crippen LogP contribution >= 0.6 is 0 Å². The molecule has 2 saturated heterocycles. The smallest absolute Gasteiger partial charge is 0.223 e. The molecule has 0 saturated carbocycles. The zero-order valence-corrected chi connectivity index (χ0v) is 10.0. The second-order valence-corrected chi connectivity index (χ2v) is 5.11. The number of piperidine rings is 1. The number of carbonyl (C=O) groups excluding carboxylic acids is 1. The van der Waals surface area contributed by atoms with Crippen molar-refractivity contribution in [2.45, 2.75) is 44.2 Å². The van der Waals surface area contributed by atoms with Crippen molar-refractivity contribution < 1.29 is 13.6 Å². The number of hydrogen-bond acceptors (Lipinski definition) is 1. The van der Waals surface area contributed by atoms with Gasteiger partial charge in [0.2, 0.25) is 5.91 Å². The van der Waals surface area contributed by atoms with E-state index in [1.54, 1.807) is 6.07 Å². The van der Waals surface area contributed by atoms with E-state index in [0.29, 0.717) is 18.0 Å². The highest BCUT2D eigenvalue weighted by Gasteiger charge is 2.39. The van der Waals surface area contributed by atoms with Crippen LogP contribution in [0.15, 0.2) is 18.2 Å². The summed E-state index contributed by atoms with van der Waals surface area (Å²) in [5, 5.41) is 0. The molecule has 2 aliphatic rings. The average molecular weight is 251 g/mol. The molecule has 96 valence electrons. The van der Waals surface area contributed by atoms with E-state index in [9.17, 15) is 13.6 Å². The quantitative estimate of drug-likeness (QED) is 0.750. The van der Waals surface area contributed by atoms with E-state index in [1.165, 1.54) is 6.07 Å². The van der Waals surface area contributed by atoms with Crippen LogP contribution in [0.1, 0.15) is 43.7 Å². The lowest BCUT2D eigenvalue weighted by molar-refractivity contribution is -0.136. The largest absolute Gasteiger partial charge is 0.333 e. The van der Waals surface area contributed by atoms with E-state index in [1.807, 2.05) is 4.90 Å². The molecule has 1 aromatic carbocycles. The minimum absolute atomic E-state index is 0.0714. The Labute approximate surface area is 105 Å². The number of hydrogen-bond donors (Lipinski definition) is 0. The van der Waals surface area contributed by atoms with Crippen molar-refractivity contribution in [1.82, 2.24) is 4.90 Å². The first kappa shape index (κ1) is 11.6. The third kappa shape index (κ3) is 1.80. The molecular formula is C14H15F2NO. The molecule has 4 heteroatoms. The summed E-state index contributed by atoms with van der Waals surface area (Å²) in [5.41, 5.74) is 0.714. The molecule has 2 aliphatic heterocycles. The lowest BCUT2D eigenvalue weighted by Gasteiger charge is -2.34. The van der Waals surface area contributed by atoms with Crippen LogP contribution in [-0.4, -0.2) is 16.8 Å². The van der Waals surface area contributed by atoms with E-state index < -0.39 is 11.6 Å². The van der Waals surface area contributed by atoms with Crippen LogP contribution in [0.5, 0.6) is 0 Å². The average Bonchev–Trinajstić information content (AvgIpc) is 2.78. The van der Waals surface area contributed by atoms with Crippen molar-refractivity contribution in [2.75, 3.05) is 0 Å². The molecular weight excluding hydrogens is 236 g/mol. The lowest BCUT2D eigenvalue weighted by Crippen LogP contribution is -2.40. The van der Waals surface area contributed by atoms with Gasteiger partial charge in [-0.15, -0.1) is 0 Å². The molecule has 2 nitrogen and oxygen atoms in total. The van der Waals surface area contributed by atoms with Crippen LogP contribution in [-0.2, 0) is 4.79 Å². The molecule has 18 heavy (non-hydrogen) atoms. The molecule has 0 N–H and O–H groups in total. The number of benzene rings is 1. The van der Waals surface area contributed by atoms with Crippen molar-refractivity contribution in [1.29, 1.82) is 0 Å². The van der Waals surface area contributed by atoms with Gasteiger partial charge in [0.15, 0.2) is 11.6 Å². The van der Waals surface area contributed by atoms with Crippen LogP contribution < -0.4 is 0 Å². The van der Waals surface area contributed by atoms with Gasteiger partial charge in [0.05, 0.1) is 6.04 Å². The van der Waals surface area contributed by atoms with Crippen molar-refractivity contribution >= 4 is 5.91 Å². The van der Waals surface area contributed by atoms with Gasteiger partial charge in [-0.3, -0.25) is 4.79 Å². The predicted molar refractivity (Wildman–Crippen MR) is 62.8 cm³/mol. The Bertz CT molecular complexity index is 489. The van der Waals surface area contributed by atoms with Gasteiger partial charge in [-0.1, -0.05) is 6.07 Å². The van der Waals surface area contributed by atoms with Crippen molar-refractivity contribution in [3.8, 4) is 0 Å². The zero-order chi connectivity index (χ0) is 12.7. The monoisotopic (exact) mass is 251 g/mol. The number of nitrogens with zero attached hydrogens (tertiary/aromatic N) is 1. The summed E-state index contributed by atoms with van der Waals surface area (Å²) < 4.78 is 26.2. The minimum Gasteiger partial charge on any atom is -0.333 e. The lowest BCUT2D eigenvalue weighted by atomic mass is 10.0. The Balaban J connectivity index is 1.92. The van der Waals surface area contributed by atoms with Crippen molar-refractivity contribution in [3.63, 3.8) is 0 Å². The van der Waals surface area contributed by atoms with Gasteiger partial charge >= 0.3 is 0 Å². The van der Waals surface area contributed by atoms with E-state index in [0.717, 1.165) is 31.7 Å². The summed E-state index contributed by atoms with van der Waals surface area (Å²) in [4.78, 5) is 13.9. The molecule has 0 bridgehead atoms. The number of carbonyl (C=O) groups is 1. The van der Waals surface area contributed by atoms with Gasteiger partial charge in [-0.05, 0) is 43.4 Å². The highest BCUT2D eigenvalue weighted by atomic mass is 19.2. The summed E-state index contributed by atoms with van der Waals surface area (Å²) in [6.45, 7) is 0. The summed E-state index contributed by atoms with van der Waals surface area (Å²) in [6, 6.07) is 4.19. The number of rotatable bonds is 1. The highest BCUT2D eigenvalue weighted by Crippen LogP contribution is 2.41. The third-order valence-electron chi connectivity index (χ3n) is 4.05. The van der Waals surface area contributed by atoms with Crippen LogP contribution in [0.25, 0.3) is 0 Å². The van der Waals surface area contributed by atoms with Gasteiger partial charge < -0.3 is 4.90 Å². The third-order valence-corrected chi connectivity index (χ3v) is 4.05. The Hall–Kier alpha value is -1.45. The number of fused-ring (bicyclic) bond motifs is 1. The zero-order valence-electron chi connectivity index (χ0n) is 10.0. The second kappa shape index (κ2) is 4.34. The maximum Gasteiger partial charge on any atom is 0.223 e.